The van der Waals surface area contributed by atoms with Crippen LogP contribution >= 0.6 is 0 Å². The Morgan fingerprint density at radius 3 is 2.52 bits per heavy atom. The van der Waals surface area contributed by atoms with E-state index in [-0.39, 0.29) is 12.4 Å². The van der Waals surface area contributed by atoms with Crippen LogP contribution < -0.4 is 0 Å². The SMILES string of the molecule is CCOC(=O)CCc1c(C(=O)OCC)[nH]c2ccccc12. The van der Waals surface area contributed by atoms with Crippen LogP contribution in [0.25, 0.3) is 10.9 Å². The minimum absolute atomic E-state index is 0.238. The van der Waals surface area contributed by atoms with Crippen molar-refractivity contribution in [2.24, 2.45) is 0 Å². The second kappa shape index (κ2) is 6.92. The summed E-state index contributed by atoms with van der Waals surface area (Å²) in [5.41, 5.74) is 2.08. The monoisotopic (exact) mass is 289 g/mol. The van der Waals surface area contributed by atoms with Crippen molar-refractivity contribution in [3.63, 3.8) is 0 Å². The number of hydrogen-bond acceptors (Lipinski definition) is 4. The molecule has 0 saturated heterocycles. The van der Waals surface area contributed by atoms with Crippen LogP contribution in [0.4, 0.5) is 0 Å². The van der Waals surface area contributed by atoms with Crippen LogP contribution in [0.3, 0.4) is 0 Å². The predicted octanol–water partition coefficient (Wildman–Crippen LogP) is 2.84. The standard InChI is InChI=1S/C16H19NO4/c1-3-20-14(18)10-9-12-11-7-5-6-8-13(11)17-15(12)16(19)21-4-2/h5-8,17H,3-4,9-10H2,1-2H3. The molecule has 2 aromatic rings. The summed E-state index contributed by atoms with van der Waals surface area (Å²) in [5, 5.41) is 0.935. The summed E-state index contributed by atoms with van der Waals surface area (Å²) in [6.07, 6.45) is 0.680. The van der Waals surface area contributed by atoms with Crippen molar-refractivity contribution in [1.29, 1.82) is 0 Å². The topological polar surface area (TPSA) is 68.4 Å². The van der Waals surface area contributed by atoms with Crippen LogP contribution in [0.5, 0.6) is 0 Å². The van der Waals surface area contributed by atoms with Crippen LogP contribution in [0, 0.1) is 0 Å². The van der Waals surface area contributed by atoms with Gasteiger partial charge in [-0.05, 0) is 31.9 Å². The number of aryl methyl sites for hydroxylation is 1. The number of H-pyrrole nitrogens is 1. The van der Waals surface area contributed by atoms with E-state index in [1.54, 1.807) is 13.8 Å². The van der Waals surface area contributed by atoms with Gasteiger partial charge in [0.05, 0.1) is 13.2 Å². The Balaban J connectivity index is 2.31. The summed E-state index contributed by atoms with van der Waals surface area (Å²) in [4.78, 5) is 26.6. The quantitative estimate of drug-likeness (QED) is 0.830. The number of carbonyl (C=O) groups excluding carboxylic acids is 2. The van der Waals surface area contributed by atoms with E-state index in [4.69, 9.17) is 9.47 Å². The first kappa shape index (κ1) is 15.1. The average Bonchev–Trinajstić information content (AvgIpc) is 2.84. The Morgan fingerprint density at radius 1 is 1.10 bits per heavy atom. The van der Waals surface area contributed by atoms with Crippen LogP contribution in [-0.4, -0.2) is 30.1 Å². The number of hydrogen-bond donors (Lipinski definition) is 1. The Hall–Kier alpha value is -2.30. The van der Waals surface area contributed by atoms with Gasteiger partial charge in [0.1, 0.15) is 5.69 Å². The van der Waals surface area contributed by atoms with E-state index in [0.29, 0.717) is 25.3 Å². The lowest BCUT2D eigenvalue weighted by atomic mass is 10.1. The normalized spacial score (nSPS) is 10.6. The molecule has 21 heavy (non-hydrogen) atoms. The van der Waals surface area contributed by atoms with E-state index in [1.807, 2.05) is 24.3 Å². The Bertz CT molecular complexity index is 645. The molecule has 0 spiro atoms. The number of para-hydroxylation sites is 1. The molecule has 0 aliphatic rings. The van der Waals surface area contributed by atoms with Crippen molar-refractivity contribution in [1.82, 2.24) is 4.98 Å². The van der Waals surface area contributed by atoms with Gasteiger partial charge in [0.2, 0.25) is 0 Å². The lowest BCUT2D eigenvalue weighted by Crippen LogP contribution is -2.10. The van der Waals surface area contributed by atoms with E-state index in [1.165, 1.54) is 0 Å². The maximum absolute atomic E-state index is 12.0. The zero-order valence-corrected chi connectivity index (χ0v) is 12.3. The molecule has 5 heteroatoms. The van der Waals surface area contributed by atoms with Crippen LogP contribution in [0.1, 0.15) is 36.3 Å². The van der Waals surface area contributed by atoms with Crippen molar-refractivity contribution in [2.45, 2.75) is 26.7 Å². The van der Waals surface area contributed by atoms with Crippen molar-refractivity contribution in [2.75, 3.05) is 13.2 Å². The van der Waals surface area contributed by atoms with Crippen molar-refractivity contribution < 1.29 is 19.1 Å². The minimum Gasteiger partial charge on any atom is -0.466 e. The number of carbonyl (C=O) groups is 2. The second-order valence-corrected chi connectivity index (χ2v) is 4.55. The molecule has 1 N–H and O–H groups in total. The number of fused-ring (bicyclic) bond motifs is 1. The van der Waals surface area contributed by atoms with Gasteiger partial charge in [0, 0.05) is 17.3 Å². The first-order chi connectivity index (χ1) is 10.2. The van der Waals surface area contributed by atoms with Gasteiger partial charge in [-0.25, -0.2) is 4.79 Å². The molecular formula is C16H19NO4. The van der Waals surface area contributed by atoms with Crippen molar-refractivity contribution >= 4 is 22.8 Å². The largest absolute Gasteiger partial charge is 0.466 e. The lowest BCUT2D eigenvalue weighted by Gasteiger charge is -2.05. The van der Waals surface area contributed by atoms with Gasteiger partial charge in [0.25, 0.3) is 0 Å². The summed E-state index contributed by atoms with van der Waals surface area (Å²) < 4.78 is 10.0. The molecule has 0 aliphatic carbocycles. The number of benzene rings is 1. The van der Waals surface area contributed by atoms with Gasteiger partial charge in [-0.15, -0.1) is 0 Å². The molecule has 0 radical (unpaired) electrons. The lowest BCUT2D eigenvalue weighted by molar-refractivity contribution is -0.143. The molecule has 0 aliphatic heterocycles. The molecule has 0 fully saturated rings. The molecular weight excluding hydrogens is 270 g/mol. The highest BCUT2D eigenvalue weighted by Crippen LogP contribution is 2.24. The molecule has 0 amide bonds. The van der Waals surface area contributed by atoms with E-state index in [0.717, 1.165) is 16.5 Å². The molecule has 1 heterocycles. The maximum atomic E-state index is 12.0. The number of aromatic nitrogens is 1. The fourth-order valence-corrected chi connectivity index (χ4v) is 2.30. The van der Waals surface area contributed by atoms with E-state index in [2.05, 4.69) is 4.98 Å². The first-order valence-electron chi connectivity index (χ1n) is 7.09. The number of esters is 2. The van der Waals surface area contributed by atoms with Crippen LogP contribution in [0.2, 0.25) is 0 Å². The van der Waals surface area contributed by atoms with Crippen molar-refractivity contribution in [3.8, 4) is 0 Å². The van der Waals surface area contributed by atoms with Crippen LogP contribution in [0.15, 0.2) is 24.3 Å². The zero-order valence-electron chi connectivity index (χ0n) is 12.3. The molecule has 0 bridgehead atoms. The number of rotatable bonds is 6. The summed E-state index contributed by atoms with van der Waals surface area (Å²) in [5.74, 6) is -0.662. The van der Waals surface area contributed by atoms with Gasteiger partial charge < -0.3 is 14.5 Å². The van der Waals surface area contributed by atoms with Gasteiger partial charge in [-0.3, -0.25) is 4.79 Å². The van der Waals surface area contributed by atoms with E-state index in [9.17, 15) is 9.59 Å². The molecule has 1 aromatic carbocycles. The third-order valence-corrected chi connectivity index (χ3v) is 3.18. The van der Waals surface area contributed by atoms with Crippen molar-refractivity contribution in [3.05, 3.63) is 35.5 Å². The fraction of sp³-hybridized carbons (Fsp3) is 0.375. The minimum atomic E-state index is -0.396. The summed E-state index contributed by atoms with van der Waals surface area (Å²) in [7, 11) is 0. The first-order valence-corrected chi connectivity index (χ1v) is 7.09. The third kappa shape index (κ3) is 3.42. The zero-order chi connectivity index (χ0) is 15.2. The highest BCUT2D eigenvalue weighted by atomic mass is 16.5. The van der Waals surface area contributed by atoms with Gasteiger partial charge in [-0.1, -0.05) is 18.2 Å². The molecule has 0 saturated carbocycles. The number of nitrogens with one attached hydrogen (secondary N) is 1. The molecule has 2 rings (SSSR count). The van der Waals surface area contributed by atoms with E-state index < -0.39 is 5.97 Å². The van der Waals surface area contributed by atoms with Gasteiger partial charge in [-0.2, -0.15) is 0 Å². The summed E-state index contributed by atoms with van der Waals surface area (Å²) >= 11 is 0. The fourth-order valence-electron chi connectivity index (χ4n) is 2.30. The van der Waals surface area contributed by atoms with Gasteiger partial charge >= 0.3 is 11.9 Å². The summed E-state index contributed by atoms with van der Waals surface area (Å²) in [6, 6.07) is 7.61. The number of aromatic amines is 1. The maximum Gasteiger partial charge on any atom is 0.355 e. The highest BCUT2D eigenvalue weighted by Gasteiger charge is 2.19. The molecule has 0 unspecified atom stereocenters. The smallest absolute Gasteiger partial charge is 0.355 e. The van der Waals surface area contributed by atoms with E-state index >= 15 is 0 Å². The predicted molar refractivity (Wildman–Crippen MR) is 79.2 cm³/mol. The molecule has 0 atom stereocenters. The van der Waals surface area contributed by atoms with Gasteiger partial charge in [0.15, 0.2) is 0 Å². The van der Waals surface area contributed by atoms with Crippen LogP contribution in [-0.2, 0) is 20.7 Å². The number of ether oxygens (including phenoxy) is 2. The third-order valence-electron chi connectivity index (χ3n) is 3.18. The highest BCUT2D eigenvalue weighted by molar-refractivity contribution is 5.98. The Labute approximate surface area is 123 Å². The molecule has 1 aromatic heterocycles. The molecule has 5 nitrogen and oxygen atoms in total. The Kier molecular flexibility index (Phi) is 4.98. The average molecular weight is 289 g/mol. The second-order valence-electron chi connectivity index (χ2n) is 4.55. The summed E-state index contributed by atoms with van der Waals surface area (Å²) in [6.45, 7) is 4.20. The molecule has 112 valence electrons. The Morgan fingerprint density at radius 2 is 1.81 bits per heavy atom.